The molecule has 9 N–H and O–H groups in total. The minimum Gasteiger partial charge on any atom is -0.508 e. The van der Waals surface area contributed by atoms with Crippen LogP contribution in [0, 0.1) is 11.8 Å². The molecular formula is C35H42N4O7. The molecule has 4 atom stereocenters. The highest BCUT2D eigenvalue weighted by molar-refractivity contribution is 5.87. The summed E-state index contributed by atoms with van der Waals surface area (Å²) < 4.78 is 6.29. The summed E-state index contributed by atoms with van der Waals surface area (Å²) in [5, 5.41) is 52.4. The van der Waals surface area contributed by atoms with Gasteiger partial charge in [-0.1, -0.05) is 43.4 Å². The highest BCUT2D eigenvalue weighted by Crippen LogP contribution is 2.38. The third-order valence-corrected chi connectivity index (χ3v) is 8.52. The maximum absolute atomic E-state index is 12.5. The van der Waals surface area contributed by atoms with Gasteiger partial charge in [-0.05, 0) is 59.6 Å². The quantitative estimate of drug-likeness (QED) is 0.135. The number of aliphatic hydroxyl groups excluding tert-OH is 3. The number of carbonyl (C=O) groups excluding carboxylic acids is 1. The molecule has 3 heterocycles. The number of fused-ring (bicyclic) bond motifs is 2. The Labute approximate surface area is 268 Å². The number of phenolic OH excluding ortho intramolecular Hbond substituents is 2. The van der Waals surface area contributed by atoms with Crippen LogP contribution < -0.4 is 16.2 Å². The molecule has 2 aromatic rings. The number of rotatable bonds is 12. The van der Waals surface area contributed by atoms with Gasteiger partial charge in [0.2, 0.25) is 0 Å². The molecule has 3 aliphatic rings. The van der Waals surface area contributed by atoms with Crippen LogP contribution in [-0.4, -0.2) is 67.4 Å². The second-order valence-electron chi connectivity index (χ2n) is 12.1. The SMILES string of the molecule is CCCC(O)CC(O)CC(=O)CCc1cc(OC2CC#CC(O)c3ccc(C(N)N)cc3CC3=C4CN2C=C4N=C3)c(O)cc1O. The number of allylic oxidation sites excluding steroid dienone is 1. The maximum atomic E-state index is 12.5. The lowest BCUT2D eigenvalue weighted by molar-refractivity contribution is -0.121. The van der Waals surface area contributed by atoms with E-state index in [1.54, 1.807) is 12.1 Å². The molecule has 5 rings (SSSR count). The van der Waals surface area contributed by atoms with Gasteiger partial charge in [0.05, 0.1) is 30.5 Å². The zero-order chi connectivity index (χ0) is 33.0. The van der Waals surface area contributed by atoms with E-state index in [0.29, 0.717) is 30.5 Å². The Morgan fingerprint density at radius 3 is 2.72 bits per heavy atom. The highest BCUT2D eigenvalue weighted by Gasteiger charge is 2.31. The van der Waals surface area contributed by atoms with Crippen molar-refractivity contribution >= 4 is 12.0 Å². The second kappa shape index (κ2) is 14.5. The Morgan fingerprint density at radius 2 is 1.96 bits per heavy atom. The van der Waals surface area contributed by atoms with Crippen LogP contribution in [0.4, 0.5) is 0 Å². The number of aromatic hydroxyl groups is 2. The van der Waals surface area contributed by atoms with E-state index < -0.39 is 30.7 Å². The minimum atomic E-state index is -1.07. The van der Waals surface area contributed by atoms with Crippen molar-refractivity contribution in [3.63, 3.8) is 0 Å². The fourth-order valence-electron chi connectivity index (χ4n) is 6.02. The zero-order valence-corrected chi connectivity index (χ0v) is 25.9. The summed E-state index contributed by atoms with van der Waals surface area (Å²) in [6.07, 6.45) is 1.99. The van der Waals surface area contributed by atoms with Crippen molar-refractivity contribution in [1.82, 2.24) is 4.90 Å². The number of hydrogen-bond donors (Lipinski definition) is 7. The van der Waals surface area contributed by atoms with Crippen LogP contribution >= 0.6 is 0 Å². The van der Waals surface area contributed by atoms with Crippen LogP contribution in [0.25, 0.3) is 0 Å². The molecule has 11 heteroatoms. The molecule has 0 aliphatic carbocycles. The number of aliphatic hydroxyl groups is 3. The lowest BCUT2D eigenvalue weighted by Crippen LogP contribution is -2.35. The number of benzene rings is 2. The average Bonchev–Trinajstić information content (AvgIpc) is 3.58. The molecule has 2 bridgehead atoms. The van der Waals surface area contributed by atoms with Gasteiger partial charge >= 0.3 is 0 Å². The number of ether oxygens (including phenoxy) is 1. The third kappa shape index (κ3) is 7.78. The van der Waals surface area contributed by atoms with E-state index in [0.717, 1.165) is 34.4 Å². The summed E-state index contributed by atoms with van der Waals surface area (Å²) in [7, 11) is 0. The van der Waals surface area contributed by atoms with E-state index in [-0.39, 0.29) is 55.1 Å². The number of Topliss-reactive ketones (excluding diaryl/α,β-unsaturated/α-hetero) is 1. The monoisotopic (exact) mass is 630 g/mol. The molecule has 0 fully saturated rings. The standard InChI is InChI=1S/C35H42N4O7/c1-2-4-24(40)14-26(42)15-25(41)9-7-20-13-33(32(45)16-31(20)44)46-34-6-3-5-30(43)27-10-8-21(35(36)37)11-22(27)12-23-17-38-29-19-39(34)18-28(23)29/h8,10-11,13,16-17,19,24,26,30,34-35,40,42-45H,2,4,6-7,9,12,14-15,18,36-37H2,1H3. The molecule has 11 nitrogen and oxygen atoms in total. The van der Waals surface area contributed by atoms with E-state index in [1.807, 2.05) is 30.3 Å². The summed E-state index contributed by atoms with van der Waals surface area (Å²) in [5.74, 6) is 5.39. The van der Waals surface area contributed by atoms with Crippen molar-refractivity contribution in [2.45, 2.75) is 89.0 Å². The van der Waals surface area contributed by atoms with Crippen molar-refractivity contribution in [1.29, 1.82) is 0 Å². The fraction of sp³-hybridized carbons (Fsp3) is 0.429. The Balaban J connectivity index is 1.34. The van der Waals surface area contributed by atoms with Gasteiger partial charge in [0, 0.05) is 43.4 Å². The Bertz CT molecular complexity index is 1620. The minimum absolute atomic E-state index is 0.0544. The molecule has 0 saturated carbocycles. The number of nitrogens with zero attached hydrogens (tertiary/aromatic N) is 2. The topological polar surface area (TPSA) is 195 Å². The Morgan fingerprint density at radius 1 is 1.15 bits per heavy atom. The molecule has 2 aromatic carbocycles. The first-order valence-electron chi connectivity index (χ1n) is 15.7. The molecule has 0 spiro atoms. The summed E-state index contributed by atoms with van der Waals surface area (Å²) in [4.78, 5) is 19.1. The molecular weight excluding hydrogens is 588 g/mol. The lowest BCUT2D eigenvalue weighted by atomic mass is 9.92. The van der Waals surface area contributed by atoms with Crippen LogP contribution in [0.15, 0.2) is 58.4 Å². The van der Waals surface area contributed by atoms with Crippen molar-refractivity contribution < 1.29 is 35.1 Å². The van der Waals surface area contributed by atoms with Crippen LogP contribution in [0.3, 0.4) is 0 Å². The van der Waals surface area contributed by atoms with Gasteiger partial charge in [-0.15, -0.1) is 0 Å². The molecule has 0 amide bonds. The first-order valence-corrected chi connectivity index (χ1v) is 15.7. The molecule has 3 aliphatic heterocycles. The van der Waals surface area contributed by atoms with E-state index in [2.05, 4.69) is 16.8 Å². The van der Waals surface area contributed by atoms with Gasteiger partial charge in [0.25, 0.3) is 0 Å². The number of aliphatic imine (C=N–C) groups is 1. The Hall–Kier alpha value is -4.18. The van der Waals surface area contributed by atoms with Gasteiger partial charge < -0.3 is 46.6 Å². The van der Waals surface area contributed by atoms with Gasteiger partial charge in [0.15, 0.2) is 17.7 Å². The molecule has 0 radical (unpaired) electrons. The number of hydrogen-bond acceptors (Lipinski definition) is 11. The normalized spacial score (nSPS) is 20.0. The second-order valence-corrected chi connectivity index (χ2v) is 12.1. The van der Waals surface area contributed by atoms with E-state index in [4.69, 9.17) is 16.2 Å². The zero-order valence-electron chi connectivity index (χ0n) is 25.9. The van der Waals surface area contributed by atoms with Crippen LogP contribution in [-0.2, 0) is 17.6 Å². The number of aryl methyl sites for hydroxylation is 1. The van der Waals surface area contributed by atoms with Crippen molar-refractivity contribution in [3.8, 4) is 29.1 Å². The first kappa shape index (κ1) is 33.2. The molecule has 0 saturated heterocycles. The lowest BCUT2D eigenvalue weighted by Gasteiger charge is -2.28. The van der Waals surface area contributed by atoms with E-state index in [9.17, 15) is 30.3 Å². The summed E-state index contributed by atoms with van der Waals surface area (Å²) in [6.45, 7) is 2.42. The van der Waals surface area contributed by atoms with E-state index >= 15 is 0 Å². The molecule has 244 valence electrons. The van der Waals surface area contributed by atoms with Gasteiger partial charge in [0.1, 0.15) is 17.6 Å². The fourth-order valence-corrected chi connectivity index (χ4v) is 6.02. The van der Waals surface area contributed by atoms with Crippen molar-refractivity contribution in [3.05, 3.63) is 75.6 Å². The molecule has 46 heavy (non-hydrogen) atoms. The van der Waals surface area contributed by atoms with Crippen molar-refractivity contribution in [2.24, 2.45) is 16.5 Å². The number of ketones is 1. The average molecular weight is 631 g/mol. The van der Waals surface area contributed by atoms with Crippen molar-refractivity contribution in [2.75, 3.05) is 6.54 Å². The Kier molecular flexibility index (Phi) is 10.5. The number of carbonyl (C=O) groups is 1. The summed E-state index contributed by atoms with van der Waals surface area (Å²) in [5.41, 5.74) is 17.3. The summed E-state index contributed by atoms with van der Waals surface area (Å²) in [6, 6.07) is 8.16. The molecule has 0 aromatic heterocycles. The van der Waals surface area contributed by atoms with E-state index in [1.165, 1.54) is 12.1 Å². The van der Waals surface area contributed by atoms with Gasteiger partial charge in [-0.25, -0.2) is 0 Å². The maximum Gasteiger partial charge on any atom is 0.183 e. The van der Waals surface area contributed by atoms with Gasteiger partial charge in [-0.2, -0.15) is 0 Å². The van der Waals surface area contributed by atoms with Gasteiger partial charge in [-0.3, -0.25) is 9.79 Å². The van der Waals surface area contributed by atoms with Crippen LogP contribution in [0.1, 0.15) is 80.0 Å². The number of phenols is 2. The van der Waals surface area contributed by atoms with Crippen LogP contribution in [0.2, 0.25) is 0 Å². The predicted molar refractivity (Wildman–Crippen MR) is 173 cm³/mol. The largest absolute Gasteiger partial charge is 0.508 e. The smallest absolute Gasteiger partial charge is 0.183 e. The molecule has 4 unspecified atom stereocenters. The predicted octanol–water partition coefficient (Wildman–Crippen LogP) is 2.74. The highest BCUT2D eigenvalue weighted by atomic mass is 16.5. The third-order valence-electron chi connectivity index (χ3n) is 8.52. The number of nitrogens with two attached hydrogens (primary N) is 2. The van der Waals surface area contributed by atoms with Crippen LogP contribution in [0.5, 0.6) is 17.2 Å². The summed E-state index contributed by atoms with van der Waals surface area (Å²) >= 11 is 0. The first-order chi connectivity index (χ1) is 22.0.